The van der Waals surface area contributed by atoms with Crippen molar-refractivity contribution in [3.05, 3.63) is 35.6 Å². The molecule has 1 amide bonds. The summed E-state index contributed by atoms with van der Waals surface area (Å²) in [5.41, 5.74) is 0.920. The standard InChI is InChI=1S/C12H15ClFNO/c1-15(12(16)3-2-8-13)9-10-4-6-11(14)7-5-10/h4-7H,2-3,8-9H2,1H3. The lowest BCUT2D eigenvalue weighted by atomic mass is 10.2. The van der Waals surface area contributed by atoms with Crippen LogP contribution in [0, 0.1) is 5.82 Å². The maximum absolute atomic E-state index is 12.7. The molecule has 0 saturated carbocycles. The van der Waals surface area contributed by atoms with Gasteiger partial charge >= 0.3 is 0 Å². The zero-order valence-electron chi connectivity index (χ0n) is 9.25. The molecule has 1 aromatic carbocycles. The van der Waals surface area contributed by atoms with E-state index in [9.17, 15) is 9.18 Å². The Morgan fingerprint density at radius 1 is 1.38 bits per heavy atom. The molecule has 0 heterocycles. The zero-order chi connectivity index (χ0) is 12.0. The molecule has 1 aromatic rings. The molecular weight excluding hydrogens is 229 g/mol. The first-order chi connectivity index (χ1) is 7.63. The van der Waals surface area contributed by atoms with Gasteiger partial charge in [0.25, 0.3) is 0 Å². The van der Waals surface area contributed by atoms with Crippen molar-refractivity contribution in [2.24, 2.45) is 0 Å². The van der Waals surface area contributed by atoms with Crippen molar-refractivity contribution in [3.8, 4) is 0 Å². The van der Waals surface area contributed by atoms with Crippen molar-refractivity contribution in [1.82, 2.24) is 4.90 Å². The Morgan fingerprint density at radius 3 is 2.56 bits per heavy atom. The van der Waals surface area contributed by atoms with Crippen LogP contribution >= 0.6 is 11.6 Å². The van der Waals surface area contributed by atoms with Crippen molar-refractivity contribution in [2.45, 2.75) is 19.4 Å². The average Bonchev–Trinajstić information content (AvgIpc) is 2.29. The predicted molar refractivity (Wildman–Crippen MR) is 62.8 cm³/mol. The molecule has 1 rings (SSSR count). The summed E-state index contributed by atoms with van der Waals surface area (Å²) >= 11 is 5.52. The summed E-state index contributed by atoms with van der Waals surface area (Å²) in [4.78, 5) is 13.2. The molecule has 0 spiro atoms. The minimum atomic E-state index is -0.264. The van der Waals surface area contributed by atoms with Crippen LogP contribution in [0.2, 0.25) is 0 Å². The summed E-state index contributed by atoms with van der Waals surface area (Å²) in [7, 11) is 1.74. The molecule has 88 valence electrons. The fourth-order valence-electron chi connectivity index (χ4n) is 1.36. The van der Waals surface area contributed by atoms with E-state index in [0.29, 0.717) is 25.3 Å². The van der Waals surface area contributed by atoms with Crippen LogP contribution in [0.3, 0.4) is 0 Å². The van der Waals surface area contributed by atoms with Crippen molar-refractivity contribution >= 4 is 17.5 Å². The lowest BCUT2D eigenvalue weighted by molar-refractivity contribution is -0.130. The third kappa shape index (κ3) is 4.19. The Morgan fingerprint density at radius 2 is 2.00 bits per heavy atom. The molecule has 0 unspecified atom stereocenters. The smallest absolute Gasteiger partial charge is 0.222 e. The van der Waals surface area contributed by atoms with Crippen LogP contribution < -0.4 is 0 Å². The molecule has 0 saturated heterocycles. The van der Waals surface area contributed by atoms with Crippen molar-refractivity contribution in [2.75, 3.05) is 12.9 Å². The zero-order valence-corrected chi connectivity index (χ0v) is 10.0. The van der Waals surface area contributed by atoms with Gasteiger partial charge in [-0.05, 0) is 24.1 Å². The number of halogens is 2. The molecule has 0 bridgehead atoms. The van der Waals surface area contributed by atoms with Crippen LogP contribution in [0.1, 0.15) is 18.4 Å². The van der Waals surface area contributed by atoms with Gasteiger partial charge < -0.3 is 4.90 Å². The number of hydrogen-bond acceptors (Lipinski definition) is 1. The van der Waals surface area contributed by atoms with E-state index < -0.39 is 0 Å². The monoisotopic (exact) mass is 243 g/mol. The number of nitrogens with zero attached hydrogens (tertiary/aromatic N) is 1. The topological polar surface area (TPSA) is 20.3 Å². The van der Waals surface area contributed by atoms with Gasteiger partial charge in [-0.25, -0.2) is 4.39 Å². The van der Waals surface area contributed by atoms with Crippen LogP contribution in [-0.2, 0) is 11.3 Å². The predicted octanol–water partition coefficient (Wildman–Crippen LogP) is 2.80. The van der Waals surface area contributed by atoms with Crippen molar-refractivity contribution in [1.29, 1.82) is 0 Å². The van der Waals surface area contributed by atoms with Crippen LogP contribution in [0.25, 0.3) is 0 Å². The Labute approximate surface area is 100 Å². The first kappa shape index (κ1) is 13.0. The molecule has 0 radical (unpaired) electrons. The lowest BCUT2D eigenvalue weighted by Crippen LogP contribution is -2.25. The highest BCUT2D eigenvalue weighted by atomic mass is 35.5. The summed E-state index contributed by atoms with van der Waals surface area (Å²) in [6, 6.07) is 6.15. The summed E-state index contributed by atoms with van der Waals surface area (Å²) in [5, 5.41) is 0. The Bertz CT molecular complexity index is 339. The average molecular weight is 244 g/mol. The van der Waals surface area contributed by atoms with E-state index in [1.807, 2.05) is 0 Å². The van der Waals surface area contributed by atoms with Crippen LogP contribution in [0.5, 0.6) is 0 Å². The summed E-state index contributed by atoms with van der Waals surface area (Å²) < 4.78 is 12.7. The molecule has 0 aromatic heterocycles. The normalized spacial score (nSPS) is 10.2. The second-order valence-electron chi connectivity index (χ2n) is 3.67. The lowest BCUT2D eigenvalue weighted by Gasteiger charge is -2.16. The molecule has 0 aliphatic rings. The quantitative estimate of drug-likeness (QED) is 0.729. The van der Waals surface area contributed by atoms with Crippen LogP contribution in [-0.4, -0.2) is 23.7 Å². The van der Waals surface area contributed by atoms with E-state index in [1.165, 1.54) is 12.1 Å². The van der Waals surface area contributed by atoms with Gasteiger partial charge in [0.15, 0.2) is 0 Å². The van der Waals surface area contributed by atoms with E-state index >= 15 is 0 Å². The number of carbonyl (C=O) groups excluding carboxylic acids is 1. The van der Waals surface area contributed by atoms with Gasteiger partial charge in [0, 0.05) is 25.9 Å². The van der Waals surface area contributed by atoms with E-state index in [2.05, 4.69) is 0 Å². The number of alkyl halides is 1. The highest BCUT2D eigenvalue weighted by Gasteiger charge is 2.08. The number of benzene rings is 1. The maximum Gasteiger partial charge on any atom is 0.222 e. The molecule has 0 N–H and O–H groups in total. The minimum Gasteiger partial charge on any atom is -0.341 e. The fourth-order valence-corrected chi connectivity index (χ4v) is 1.49. The Kier molecular flexibility index (Phi) is 5.26. The van der Waals surface area contributed by atoms with Gasteiger partial charge in [0.05, 0.1) is 0 Å². The van der Waals surface area contributed by atoms with Gasteiger partial charge in [-0.15, -0.1) is 11.6 Å². The number of carbonyl (C=O) groups is 1. The Hall–Kier alpha value is -1.09. The summed E-state index contributed by atoms with van der Waals surface area (Å²) in [5.74, 6) is 0.292. The number of rotatable bonds is 5. The highest BCUT2D eigenvalue weighted by molar-refractivity contribution is 6.17. The Balaban J connectivity index is 2.47. The molecule has 2 nitrogen and oxygen atoms in total. The molecule has 4 heteroatoms. The van der Waals surface area contributed by atoms with Gasteiger partial charge in [0.1, 0.15) is 5.82 Å². The van der Waals surface area contributed by atoms with Gasteiger partial charge in [-0.3, -0.25) is 4.79 Å². The molecule has 16 heavy (non-hydrogen) atoms. The molecule has 0 aliphatic heterocycles. The van der Waals surface area contributed by atoms with Crippen molar-refractivity contribution in [3.63, 3.8) is 0 Å². The second kappa shape index (κ2) is 6.48. The van der Waals surface area contributed by atoms with Crippen LogP contribution in [0.15, 0.2) is 24.3 Å². The molecule has 0 aliphatic carbocycles. The summed E-state index contributed by atoms with van der Waals surface area (Å²) in [6.45, 7) is 0.501. The first-order valence-electron chi connectivity index (χ1n) is 5.18. The summed E-state index contributed by atoms with van der Waals surface area (Å²) in [6.07, 6.45) is 1.15. The molecular formula is C12H15ClFNO. The van der Waals surface area contributed by atoms with E-state index in [1.54, 1.807) is 24.1 Å². The first-order valence-corrected chi connectivity index (χ1v) is 5.71. The molecule has 0 atom stereocenters. The van der Waals surface area contributed by atoms with Gasteiger partial charge in [-0.1, -0.05) is 12.1 Å². The van der Waals surface area contributed by atoms with Crippen LogP contribution in [0.4, 0.5) is 4.39 Å². The minimum absolute atomic E-state index is 0.0602. The van der Waals surface area contributed by atoms with E-state index in [0.717, 1.165) is 5.56 Å². The van der Waals surface area contributed by atoms with E-state index in [-0.39, 0.29) is 11.7 Å². The number of amides is 1. The SMILES string of the molecule is CN(Cc1ccc(F)cc1)C(=O)CCCCl. The largest absolute Gasteiger partial charge is 0.341 e. The van der Waals surface area contributed by atoms with Crippen molar-refractivity contribution < 1.29 is 9.18 Å². The van der Waals surface area contributed by atoms with Gasteiger partial charge in [0.2, 0.25) is 5.91 Å². The molecule has 0 fully saturated rings. The maximum atomic E-state index is 12.7. The third-order valence-corrected chi connectivity index (χ3v) is 2.55. The van der Waals surface area contributed by atoms with E-state index in [4.69, 9.17) is 11.6 Å². The third-order valence-electron chi connectivity index (χ3n) is 2.28. The second-order valence-corrected chi connectivity index (χ2v) is 4.05. The van der Waals surface area contributed by atoms with Gasteiger partial charge in [-0.2, -0.15) is 0 Å². The number of hydrogen-bond donors (Lipinski definition) is 0. The fraction of sp³-hybridized carbons (Fsp3) is 0.417. The highest BCUT2D eigenvalue weighted by Crippen LogP contribution is 2.07.